The lowest BCUT2D eigenvalue weighted by molar-refractivity contribution is 0.504. The van der Waals surface area contributed by atoms with Crippen LogP contribution in [0.3, 0.4) is 0 Å². The van der Waals surface area contributed by atoms with Crippen molar-refractivity contribution in [2.45, 2.75) is 32.7 Å². The molecule has 0 saturated heterocycles. The van der Waals surface area contributed by atoms with Gasteiger partial charge in [-0.1, -0.05) is 40.5 Å². The van der Waals surface area contributed by atoms with Crippen LogP contribution in [0.25, 0.3) is 0 Å². The smallest absolute Gasteiger partial charge is 0.145 e. The number of nitrogens with one attached hydrogen (secondary N) is 1. The Labute approximate surface area is 139 Å². The molecule has 0 aliphatic heterocycles. The minimum atomic E-state index is 0.0734. The first-order valence-electron chi connectivity index (χ1n) is 7.06. The van der Waals surface area contributed by atoms with Crippen molar-refractivity contribution in [3.8, 4) is 0 Å². The highest BCUT2D eigenvalue weighted by molar-refractivity contribution is 9.10. The Balaban J connectivity index is 2.21. The molecule has 1 aromatic heterocycles. The van der Waals surface area contributed by atoms with Gasteiger partial charge in [0.1, 0.15) is 5.82 Å². The van der Waals surface area contributed by atoms with Crippen LogP contribution in [0.15, 0.2) is 35.1 Å². The number of halogens is 2. The Hall–Kier alpha value is -0.970. The van der Waals surface area contributed by atoms with E-state index in [4.69, 9.17) is 11.6 Å². The van der Waals surface area contributed by atoms with Crippen LogP contribution in [-0.2, 0) is 6.42 Å². The molecule has 1 unspecified atom stereocenters. The van der Waals surface area contributed by atoms with Gasteiger partial charge in [0.15, 0.2) is 0 Å². The van der Waals surface area contributed by atoms with E-state index in [0.717, 1.165) is 45.8 Å². The van der Waals surface area contributed by atoms with E-state index in [-0.39, 0.29) is 6.04 Å². The molecule has 112 valence electrons. The van der Waals surface area contributed by atoms with E-state index in [0.29, 0.717) is 0 Å². The number of aryl methyl sites for hydroxylation is 1. The molecule has 0 spiro atoms. The molecule has 21 heavy (non-hydrogen) atoms. The van der Waals surface area contributed by atoms with Crippen molar-refractivity contribution >= 4 is 27.5 Å². The predicted molar refractivity (Wildman–Crippen MR) is 90.7 cm³/mol. The quantitative estimate of drug-likeness (QED) is 0.816. The first kappa shape index (κ1) is 16.4. The Morgan fingerprint density at radius 3 is 2.62 bits per heavy atom. The second kappa shape index (κ2) is 7.87. The molecule has 5 heteroatoms. The van der Waals surface area contributed by atoms with Gasteiger partial charge in [-0.2, -0.15) is 0 Å². The van der Waals surface area contributed by atoms with Crippen molar-refractivity contribution in [3.63, 3.8) is 0 Å². The van der Waals surface area contributed by atoms with Gasteiger partial charge < -0.3 is 5.32 Å². The van der Waals surface area contributed by atoms with Gasteiger partial charge in [0, 0.05) is 21.9 Å². The van der Waals surface area contributed by atoms with Gasteiger partial charge in [-0.3, -0.25) is 0 Å². The van der Waals surface area contributed by atoms with Crippen LogP contribution in [0.2, 0.25) is 5.02 Å². The van der Waals surface area contributed by atoms with Gasteiger partial charge in [0.25, 0.3) is 0 Å². The van der Waals surface area contributed by atoms with E-state index in [1.54, 1.807) is 0 Å². The molecule has 0 amide bonds. The fraction of sp³-hybridized carbons (Fsp3) is 0.375. The van der Waals surface area contributed by atoms with Crippen LogP contribution in [0.5, 0.6) is 0 Å². The fourth-order valence-electron chi connectivity index (χ4n) is 2.06. The maximum absolute atomic E-state index is 6.32. The summed E-state index contributed by atoms with van der Waals surface area (Å²) in [6.45, 7) is 5.06. The third-order valence-electron chi connectivity index (χ3n) is 3.19. The van der Waals surface area contributed by atoms with Crippen molar-refractivity contribution in [2.24, 2.45) is 0 Å². The third-order valence-corrected chi connectivity index (χ3v) is 4.04. The minimum absolute atomic E-state index is 0.0734. The molecule has 1 aromatic carbocycles. The Kier molecular flexibility index (Phi) is 6.15. The van der Waals surface area contributed by atoms with Crippen molar-refractivity contribution in [1.29, 1.82) is 0 Å². The summed E-state index contributed by atoms with van der Waals surface area (Å²) in [5, 5.41) is 4.26. The summed E-state index contributed by atoms with van der Waals surface area (Å²) in [6, 6.07) is 6.04. The largest absolute Gasteiger partial charge is 0.307 e. The average molecular weight is 369 g/mol. The lowest BCUT2D eigenvalue weighted by atomic mass is 10.0. The topological polar surface area (TPSA) is 37.8 Å². The number of hydrogen-bond donors (Lipinski definition) is 1. The van der Waals surface area contributed by atoms with E-state index < -0.39 is 0 Å². The standard InChI is InChI=1S/C16H19BrClN3/c1-3-6-19-15(16-20-9-11(2)10-21-16)7-12-4-5-13(17)8-14(12)18/h4-5,8-10,15,19H,3,6-7H2,1-2H3. The van der Waals surface area contributed by atoms with E-state index in [1.165, 1.54) is 0 Å². The predicted octanol–water partition coefficient (Wildman–Crippen LogP) is 4.48. The van der Waals surface area contributed by atoms with Gasteiger partial charge in [-0.15, -0.1) is 0 Å². The molecular formula is C16H19BrClN3. The van der Waals surface area contributed by atoms with Crippen LogP contribution in [0.4, 0.5) is 0 Å². The zero-order valence-electron chi connectivity index (χ0n) is 12.2. The Morgan fingerprint density at radius 2 is 2.00 bits per heavy atom. The molecule has 0 fully saturated rings. The van der Waals surface area contributed by atoms with Crippen LogP contribution < -0.4 is 5.32 Å². The molecule has 1 N–H and O–H groups in total. The highest BCUT2D eigenvalue weighted by Gasteiger charge is 2.16. The first-order chi connectivity index (χ1) is 10.1. The lowest BCUT2D eigenvalue weighted by Crippen LogP contribution is -2.26. The van der Waals surface area contributed by atoms with Gasteiger partial charge in [-0.05, 0) is 49.6 Å². The van der Waals surface area contributed by atoms with Gasteiger partial charge in [0.2, 0.25) is 0 Å². The zero-order valence-corrected chi connectivity index (χ0v) is 14.6. The average Bonchev–Trinajstić information content (AvgIpc) is 2.46. The van der Waals surface area contributed by atoms with E-state index >= 15 is 0 Å². The third kappa shape index (κ3) is 4.77. The summed E-state index contributed by atoms with van der Waals surface area (Å²) >= 11 is 9.75. The van der Waals surface area contributed by atoms with E-state index in [1.807, 2.05) is 37.5 Å². The monoisotopic (exact) mass is 367 g/mol. The minimum Gasteiger partial charge on any atom is -0.307 e. The second-order valence-electron chi connectivity index (χ2n) is 5.07. The molecule has 0 saturated carbocycles. The molecule has 0 aliphatic rings. The van der Waals surface area contributed by atoms with Crippen molar-refractivity contribution in [2.75, 3.05) is 6.54 Å². The summed E-state index contributed by atoms with van der Waals surface area (Å²) in [7, 11) is 0. The van der Waals surface area contributed by atoms with Crippen LogP contribution in [-0.4, -0.2) is 16.5 Å². The maximum Gasteiger partial charge on any atom is 0.145 e. The van der Waals surface area contributed by atoms with E-state index in [9.17, 15) is 0 Å². The van der Waals surface area contributed by atoms with Crippen LogP contribution in [0, 0.1) is 6.92 Å². The summed E-state index contributed by atoms with van der Waals surface area (Å²) < 4.78 is 0.987. The molecule has 1 heterocycles. The number of rotatable bonds is 6. The van der Waals surface area contributed by atoms with Crippen molar-refractivity contribution in [3.05, 3.63) is 57.0 Å². The van der Waals surface area contributed by atoms with Crippen molar-refractivity contribution < 1.29 is 0 Å². The molecule has 0 aliphatic carbocycles. The van der Waals surface area contributed by atoms with Crippen molar-refractivity contribution in [1.82, 2.24) is 15.3 Å². The van der Waals surface area contributed by atoms with E-state index in [2.05, 4.69) is 38.1 Å². The summed E-state index contributed by atoms with van der Waals surface area (Å²) in [4.78, 5) is 8.90. The number of nitrogens with zero attached hydrogens (tertiary/aromatic N) is 2. The lowest BCUT2D eigenvalue weighted by Gasteiger charge is -2.18. The molecule has 0 bridgehead atoms. The van der Waals surface area contributed by atoms with Gasteiger partial charge in [0.05, 0.1) is 6.04 Å². The van der Waals surface area contributed by atoms with Crippen LogP contribution >= 0.6 is 27.5 Å². The zero-order chi connectivity index (χ0) is 15.2. The fourth-order valence-corrected chi connectivity index (χ4v) is 2.81. The Morgan fingerprint density at radius 1 is 1.29 bits per heavy atom. The SMILES string of the molecule is CCCNC(Cc1ccc(Br)cc1Cl)c1ncc(C)cn1. The molecule has 1 atom stereocenters. The second-order valence-corrected chi connectivity index (χ2v) is 6.39. The highest BCUT2D eigenvalue weighted by atomic mass is 79.9. The van der Waals surface area contributed by atoms with Gasteiger partial charge in [-0.25, -0.2) is 9.97 Å². The maximum atomic E-state index is 6.32. The number of aromatic nitrogens is 2. The number of hydrogen-bond acceptors (Lipinski definition) is 3. The highest BCUT2D eigenvalue weighted by Crippen LogP contribution is 2.25. The normalized spacial score (nSPS) is 12.4. The number of benzene rings is 1. The summed E-state index contributed by atoms with van der Waals surface area (Å²) in [5.41, 5.74) is 2.16. The Bertz CT molecular complexity index is 587. The molecule has 0 radical (unpaired) electrons. The molecular weight excluding hydrogens is 350 g/mol. The molecule has 2 rings (SSSR count). The summed E-state index contributed by atoms with van der Waals surface area (Å²) in [5.74, 6) is 0.813. The van der Waals surface area contributed by atoms with Gasteiger partial charge >= 0.3 is 0 Å². The first-order valence-corrected chi connectivity index (χ1v) is 8.23. The molecule has 3 nitrogen and oxygen atoms in total. The van der Waals surface area contributed by atoms with Crippen LogP contribution in [0.1, 0.15) is 36.3 Å². The molecule has 2 aromatic rings. The summed E-state index contributed by atoms with van der Waals surface area (Å²) in [6.07, 6.45) is 5.55.